The Hall–Kier alpha value is -0.160. The van der Waals surface area contributed by atoms with Crippen LogP contribution >= 0.6 is 0 Å². The van der Waals surface area contributed by atoms with Crippen molar-refractivity contribution in [2.75, 3.05) is 19.7 Å². The second kappa shape index (κ2) is 3.77. The molecule has 1 heterocycles. The Kier molecular flexibility index (Phi) is 2.79. The molecule has 4 heteroatoms. The molecule has 0 amide bonds. The number of β-amino-alcohol motifs (C(OH)–C–C–N with tert-alkyl or cyclic N) is 2. The maximum atomic E-state index is 9.97. The molecule has 0 unspecified atom stereocenters. The van der Waals surface area contributed by atoms with Crippen LogP contribution in [-0.2, 0) is 0 Å². The number of nitrogens with zero attached hydrogens (tertiary/aromatic N) is 1. The molecule has 0 radical (unpaired) electrons. The van der Waals surface area contributed by atoms with E-state index in [1.807, 2.05) is 4.90 Å². The molecule has 0 aromatic heterocycles. The predicted octanol–water partition coefficient (Wildman–Crippen LogP) is -0.671. The van der Waals surface area contributed by atoms with E-state index >= 15 is 0 Å². The third kappa shape index (κ3) is 1.93. The lowest BCUT2D eigenvalue weighted by Gasteiger charge is -2.40. The Balaban J connectivity index is 1.89. The topological polar surface area (TPSA) is 63.9 Å². The van der Waals surface area contributed by atoms with Crippen LogP contribution in [0.5, 0.6) is 0 Å². The van der Waals surface area contributed by atoms with Gasteiger partial charge in [-0.05, 0) is 25.7 Å². The van der Waals surface area contributed by atoms with Crippen LogP contribution in [0.2, 0.25) is 0 Å². The van der Waals surface area contributed by atoms with Crippen LogP contribution < -0.4 is 0 Å². The predicted molar refractivity (Wildman–Crippen MR) is 51.9 cm³/mol. The summed E-state index contributed by atoms with van der Waals surface area (Å²) in [5.41, 5.74) is -0.544. The average Bonchev–Trinajstić information content (AvgIpc) is 2.43. The van der Waals surface area contributed by atoms with Crippen molar-refractivity contribution in [1.29, 1.82) is 0 Å². The SMILES string of the molecule is OC[C@@H]1C[C@H](O)CN1CC1(O)CCC1. The molecule has 4 nitrogen and oxygen atoms in total. The van der Waals surface area contributed by atoms with E-state index in [4.69, 9.17) is 5.11 Å². The van der Waals surface area contributed by atoms with E-state index in [1.54, 1.807) is 0 Å². The summed E-state index contributed by atoms with van der Waals surface area (Å²) < 4.78 is 0. The molecule has 2 rings (SSSR count). The van der Waals surface area contributed by atoms with Crippen LogP contribution in [0.15, 0.2) is 0 Å². The Morgan fingerprint density at radius 3 is 2.57 bits per heavy atom. The van der Waals surface area contributed by atoms with Crippen molar-refractivity contribution in [3.8, 4) is 0 Å². The van der Waals surface area contributed by atoms with E-state index in [2.05, 4.69) is 0 Å². The van der Waals surface area contributed by atoms with Gasteiger partial charge in [-0.25, -0.2) is 0 Å². The minimum Gasteiger partial charge on any atom is -0.395 e. The highest BCUT2D eigenvalue weighted by molar-refractivity contribution is 4.95. The van der Waals surface area contributed by atoms with Gasteiger partial charge in [-0.2, -0.15) is 0 Å². The van der Waals surface area contributed by atoms with E-state index < -0.39 is 5.60 Å². The van der Waals surface area contributed by atoms with Gasteiger partial charge in [0, 0.05) is 19.1 Å². The lowest BCUT2D eigenvalue weighted by atomic mass is 9.80. The van der Waals surface area contributed by atoms with Gasteiger partial charge in [0.2, 0.25) is 0 Å². The Labute approximate surface area is 84.2 Å². The van der Waals surface area contributed by atoms with Gasteiger partial charge < -0.3 is 15.3 Å². The first kappa shape index (κ1) is 10.4. The molecule has 0 aromatic carbocycles. The number of likely N-dealkylation sites (tertiary alicyclic amines) is 1. The highest BCUT2D eigenvalue weighted by atomic mass is 16.3. The quantitative estimate of drug-likeness (QED) is 0.566. The maximum absolute atomic E-state index is 9.97. The van der Waals surface area contributed by atoms with Crippen molar-refractivity contribution < 1.29 is 15.3 Å². The number of hydrogen-bond donors (Lipinski definition) is 3. The molecule has 3 N–H and O–H groups in total. The monoisotopic (exact) mass is 201 g/mol. The van der Waals surface area contributed by atoms with Gasteiger partial charge in [0.1, 0.15) is 0 Å². The van der Waals surface area contributed by atoms with Crippen LogP contribution in [0.3, 0.4) is 0 Å². The molecule has 2 fully saturated rings. The first-order chi connectivity index (χ1) is 6.63. The van der Waals surface area contributed by atoms with E-state index in [-0.39, 0.29) is 18.8 Å². The van der Waals surface area contributed by atoms with E-state index in [9.17, 15) is 10.2 Å². The molecular formula is C10H19NO3. The average molecular weight is 201 g/mol. The van der Waals surface area contributed by atoms with Gasteiger partial charge in [-0.1, -0.05) is 0 Å². The fourth-order valence-corrected chi connectivity index (χ4v) is 2.46. The van der Waals surface area contributed by atoms with Crippen molar-refractivity contribution in [2.24, 2.45) is 0 Å². The summed E-state index contributed by atoms with van der Waals surface area (Å²) >= 11 is 0. The fourth-order valence-electron chi connectivity index (χ4n) is 2.46. The molecule has 2 atom stereocenters. The zero-order valence-corrected chi connectivity index (χ0v) is 8.39. The van der Waals surface area contributed by atoms with Crippen molar-refractivity contribution in [3.63, 3.8) is 0 Å². The van der Waals surface area contributed by atoms with Crippen molar-refractivity contribution in [1.82, 2.24) is 4.90 Å². The zero-order chi connectivity index (χ0) is 10.2. The van der Waals surface area contributed by atoms with Gasteiger partial charge in [-0.15, -0.1) is 0 Å². The number of rotatable bonds is 3. The van der Waals surface area contributed by atoms with Gasteiger partial charge >= 0.3 is 0 Å². The number of hydrogen-bond acceptors (Lipinski definition) is 4. The second-order valence-electron chi connectivity index (χ2n) is 4.73. The van der Waals surface area contributed by atoms with E-state index in [1.165, 1.54) is 0 Å². The summed E-state index contributed by atoms with van der Waals surface area (Å²) in [6.45, 7) is 1.27. The highest BCUT2D eigenvalue weighted by Gasteiger charge is 2.40. The molecule has 1 aliphatic heterocycles. The van der Waals surface area contributed by atoms with Gasteiger partial charge in [0.05, 0.1) is 18.3 Å². The molecule has 2 aliphatic rings. The molecular weight excluding hydrogens is 182 g/mol. The standard InChI is InChI=1S/C10H19NO3/c12-6-8-4-9(13)5-11(8)7-10(14)2-1-3-10/h8-9,12-14H,1-7H2/t8-,9-/m0/s1. The summed E-state index contributed by atoms with van der Waals surface area (Å²) in [6, 6.07) is 0.0367. The zero-order valence-electron chi connectivity index (χ0n) is 8.39. The lowest BCUT2D eigenvalue weighted by molar-refractivity contribution is -0.0648. The maximum Gasteiger partial charge on any atom is 0.0774 e. The first-order valence-electron chi connectivity index (χ1n) is 5.38. The third-order valence-corrected chi connectivity index (χ3v) is 3.50. The Morgan fingerprint density at radius 2 is 2.07 bits per heavy atom. The summed E-state index contributed by atoms with van der Waals surface area (Å²) in [4.78, 5) is 2.02. The minimum atomic E-state index is -0.544. The van der Waals surface area contributed by atoms with Gasteiger partial charge in [0.25, 0.3) is 0 Å². The normalized spacial score (nSPS) is 37.1. The van der Waals surface area contributed by atoms with Crippen LogP contribution in [0.25, 0.3) is 0 Å². The molecule has 1 saturated heterocycles. The van der Waals surface area contributed by atoms with Crippen molar-refractivity contribution in [2.45, 2.75) is 43.4 Å². The Morgan fingerprint density at radius 1 is 1.36 bits per heavy atom. The summed E-state index contributed by atoms with van der Waals surface area (Å²) in [5.74, 6) is 0. The van der Waals surface area contributed by atoms with Crippen molar-refractivity contribution in [3.05, 3.63) is 0 Å². The lowest BCUT2D eigenvalue weighted by Crippen LogP contribution is -2.50. The van der Waals surface area contributed by atoms with Gasteiger partial charge in [0.15, 0.2) is 0 Å². The summed E-state index contributed by atoms with van der Waals surface area (Å²) in [6.07, 6.45) is 3.11. The largest absolute Gasteiger partial charge is 0.395 e. The number of aliphatic hydroxyl groups is 3. The van der Waals surface area contributed by atoms with Crippen LogP contribution in [-0.4, -0.2) is 57.7 Å². The molecule has 14 heavy (non-hydrogen) atoms. The third-order valence-electron chi connectivity index (χ3n) is 3.50. The van der Waals surface area contributed by atoms with Crippen LogP contribution in [0.1, 0.15) is 25.7 Å². The highest BCUT2D eigenvalue weighted by Crippen LogP contribution is 2.34. The van der Waals surface area contributed by atoms with Crippen molar-refractivity contribution >= 4 is 0 Å². The fraction of sp³-hybridized carbons (Fsp3) is 1.00. The number of aliphatic hydroxyl groups excluding tert-OH is 2. The molecule has 1 aliphatic carbocycles. The summed E-state index contributed by atoms with van der Waals surface area (Å²) in [5, 5.41) is 28.5. The molecule has 82 valence electrons. The van der Waals surface area contributed by atoms with Crippen LogP contribution in [0.4, 0.5) is 0 Å². The molecule has 1 saturated carbocycles. The van der Waals surface area contributed by atoms with Gasteiger partial charge in [-0.3, -0.25) is 4.90 Å². The second-order valence-corrected chi connectivity index (χ2v) is 4.73. The summed E-state index contributed by atoms with van der Waals surface area (Å²) in [7, 11) is 0. The van der Waals surface area contributed by atoms with Crippen LogP contribution in [0, 0.1) is 0 Å². The smallest absolute Gasteiger partial charge is 0.0774 e. The molecule has 0 spiro atoms. The molecule has 0 aromatic rings. The Bertz CT molecular complexity index is 206. The van der Waals surface area contributed by atoms with E-state index in [0.717, 1.165) is 19.3 Å². The first-order valence-corrected chi connectivity index (χ1v) is 5.38. The van der Waals surface area contributed by atoms with E-state index in [0.29, 0.717) is 19.5 Å². The molecule has 0 bridgehead atoms. The minimum absolute atomic E-state index is 0.0367.